The van der Waals surface area contributed by atoms with Gasteiger partial charge in [-0.05, 0) is 38.6 Å². The number of amides is 1. The van der Waals surface area contributed by atoms with Gasteiger partial charge in [0, 0.05) is 31.2 Å². The summed E-state index contributed by atoms with van der Waals surface area (Å²) in [5, 5.41) is 6.17. The van der Waals surface area contributed by atoms with Gasteiger partial charge < -0.3 is 10.1 Å². The van der Waals surface area contributed by atoms with E-state index in [1.807, 2.05) is 0 Å². The van der Waals surface area contributed by atoms with E-state index in [-0.39, 0.29) is 11.8 Å². The fourth-order valence-electron chi connectivity index (χ4n) is 3.50. The van der Waals surface area contributed by atoms with Crippen LogP contribution in [0.4, 0.5) is 0 Å². The number of nitrogens with zero attached hydrogens (tertiary/aromatic N) is 2. The molecule has 2 saturated heterocycles. The summed E-state index contributed by atoms with van der Waals surface area (Å²) in [4.78, 5) is 19.5. The Morgan fingerprint density at radius 3 is 3.00 bits per heavy atom. The number of hydrogen-bond acceptors (Lipinski definition) is 5. The molecule has 1 N–H and O–H groups in total. The number of carbonyl (C=O) groups excluding carboxylic acids is 1. The lowest BCUT2D eigenvalue weighted by molar-refractivity contribution is -0.127. The monoisotopic (exact) mass is 337 g/mol. The fraction of sp³-hybridized carbons (Fsp3) is 0.765. The quantitative estimate of drug-likeness (QED) is 0.895. The maximum Gasteiger partial charge on any atom is 0.224 e. The molecule has 0 saturated carbocycles. The molecule has 2 aliphatic rings. The zero-order valence-corrected chi connectivity index (χ0v) is 14.7. The van der Waals surface area contributed by atoms with Crippen molar-refractivity contribution in [1.29, 1.82) is 0 Å². The fourth-order valence-corrected chi connectivity index (χ4v) is 4.32. The Labute approximate surface area is 142 Å². The number of likely N-dealkylation sites (tertiary alicyclic amines) is 1. The van der Waals surface area contributed by atoms with Gasteiger partial charge >= 0.3 is 0 Å². The summed E-state index contributed by atoms with van der Waals surface area (Å²) in [7, 11) is 0. The van der Waals surface area contributed by atoms with E-state index >= 15 is 0 Å². The molecule has 128 valence electrons. The molecule has 1 atom stereocenters. The van der Waals surface area contributed by atoms with Crippen LogP contribution >= 0.6 is 11.3 Å². The lowest BCUT2D eigenvalue weighted by Gasteiger charge is -2.39. The van der Waals surface area contributed by atoms with Crippen LogP contribution in [0.5, 0.6) is 0 Å². The van der Waals surface area contributed by atoms with Gasteiger partial charge in [0.15, 0.2) is 0 Å². The molecule has 2 fully saturated rings. The second-order valence-electron chi connectivity index (χ2n) is 6.48. The van der Waals surface area contributed by atoms with E-state index in [2.05, 4.69) is 27.5 Å². The first-order chi connectivity index (χ1) is 11.3. The number of rotatable bonds is 5. The van der Waals surface area contributed by atoms with Crippen LogP contribution in [0.15, 0.2) is 5.38 Å². The minimum atomic E-state index is 0.122. The maximum absolute atomic E-state index is 12.5. The maximum atomic E-state index is 12.5. The van der Waals surface area contributed by atoms with Crippen LogP contribution in [0.2, 0.25) is 0 Å². The number of hydrogen-bond donors (Lipinski definition) is 1. The third kappa shape index (κ3) is 4.52. The summed E-state index contributed by atoms with van der Waals surface area (Å²) in [6.45, 7) is 6.42. The molecule has 1 aromatic rings. The van der Waals surface area contributed by atoms with Crippen molar-refractivity contribution in [2.45, 2.75) is 51.6 Å². The zero-order chi connectivity index (χ0) is 16.1. The molecule has 0 spiro atoms. The Morgan fingerprint density at radius 2 is 2.26 bits per heavy atom. The Morgan fingerprint density at radius 1 is 1.43 bits per heavy atom. The molecule has 3 heterocycles. The Kier molecular flexibility index (Phi) is 6.02. The Balaban J connectivity index is 1.48. The summed E-state index contributed by atoms with van der Waals surface area (Å²) in [5.41, 5.74) is 1.11. The molecule has 0 bridgehead atoms. The number of piperidine rings is 1. The smallest absolute Gasteiger partial charge is 0.224 e. The van der Waals surface area contributed by atoms with Crippen molar-refractivity contribution < 1.29 is 9.53 Å². The Hall–Kier alpha value is -0.980. The Bertz CT molecular complexity index is 514. The minimum Gasteiger partial charge on any atom is -0.381 e. The molecule has 1 aromatic heterocycles. The van der Waals surface area contributed by atoms with Gasteiger partial charge in [-0.3, -0.25) is 9.69 Å². The number of thiazole rings is 1. The summed E-state index contributed by atoms with van der Waals surface area (Å²) in [5.74, 6) is 0.312. The topological polar surface area (TPSA) is 54.5 Å². The van der Waals surface area contributed by atoms with E-state index in [0.717, 1.165) is 69.1 Å². The molecule has 5 nitrogen and oxygen atoms in total. The second-order valence-corrected chi connectivity index (χ2v) is 7.42. The molecule has 1 unspecified atom stereocenters. The summed E-state index contributed by atoms with van der Waals surface area (Å²) >= 11 is 1.64. The van der Waals surface area contributed by atoms with Crippen LogP contribution in [-0.4, -0.2) is 48.1 Å². The van der Waals surface area contributed by atoms with E-state index in [1.165, 1.54) is 0 Å². The van der Waals surface area contributed by atoms with E-state index in [9.17, 15) is 4.79 Å². The van der Waals surface area contributed by atoms with E-state index in [1.54, 1.807) is 11.3 Å². The van der Waals surface area contributed by atoms with Crippen molar-refractivity contribution >= 4 is 17.2 Å². The average molecular weight is 337 g/mol. The van der Waals surface area contributed by atoms with Crippen molar-refractivity contribution in [1.82, 2.24) is 15.2 Å². The number of carbonyl (C=O) groups is 1. The largest absolute Gasteiger partial charge is 0.381 e. The lowest BCUT2D eigenvalue weighted by atomic mass is 9.94. The summed E-state index contributed by atoms with van der Waals surface area (Å²) < 4.78 is 5.45. The summed E-state index contributed by atoms with van der Waals surface area (Å²) in [6.07, 6.45) is 5.28. The molecular weight excluding hydrogens is 310 g/mol. The number of ether oxygens (including phenoxy) is 1. The first-order valence-corrected chi connectivity index (χ1v) is 9.67. The van der Waals surface area contributed by atoms with Gasteiger partial charge in [-0.1, -0.05) is 6.92 Å². The van der Waals surface area contributed by atoms with Crippen molar-refractivity contribution in [2.75, 3.05) is 26.3 Å². The van der Waals surface area contributed by atoms with Crippen LogP contribution in [0.25, 0.3) is 0 Å². The minimum absolute atomic E-state index is 0.122. The first kappa shape index (κ1) is 16.9. The lowest BCUT2D eigenvalue weighted by Crippen LogP contribution is -2.48. The van der Waals surface area contributed by atoms with Crippen LogP contribution in [-0.2, 0) is 22.5 Å². The SMILES string of the molecule is CCc1csc(CNC(=O)C2CCCN(C3CCOCC3)C2)n1. The van der Waals surface area contributed by atoms with Crippen LogP contribution < -0.4 is 5.32 Å². The predicted molar refractivity (Wildman–Crippen MR) is 91.5 cm³/mol. The number of nitrogens with one attached hydrogen (secondary N) is 1. The second kappa shape index (κ2) is 8.22. The molecule has 6 heteroatoms. The van der Waals surface area contributed by atoms with Gasteiger partial charge in [0.2, 0.25) is 5.91 Å². The summed E-state index contributed by atoms with van der Waals surface area (Å²) in [6, 6.07) is 0.602. The third-order valence-corrected chi connectivity index (χ3v) is 5.80. The van der Waals surface area contributed by atoms with Crippen molar-refractivity contribution in [3.63, 3.8) is 0 Å². The van der Waals surface area contributed by atoms with Crippen molar-refractivity contribution in [2.24, 2.45) is 5.92 Å². The van der Waals surface area contributed by atoms with Gasteiger partial charge in [0.1, 0.15) is 5.01 Å². The highest BCUT2D eigenvalue weighted by Gasteiger charge is 2.30. The molecule has 0 radical (unpaired) electrons. The van der Waals surface area contributed by atoms with Crippen LogP contribution in [0.3, 0.4) is 0 Å². The molecule has 2 aliphatic heterocycles. The van der Waals surface area contributed by atoms with Crippen molar-refractivity contribution in [3.05, 3.63) is 16.1 Å². The molecular formula is C17H27N3O2S. The molecule has 0 aromatic carbocycles. The highest BCUT2D eigenvalue weighted by atomic mass is 32.1. The van der Waals surface area contributed by atoms with Gasteiger partial charge in [-0.25, -0.2) is 4.98 Å². The van der Waals surface area contributed by atoms with Crippen LogP contribution in [0.1, 0.15) is 43.3 Å². The highest BCUT2D eigenvalue weighted by Crippen LogP contribution is 2.23. The third-order valence-electron chi connectivity index (χ3n) is 4.91. The van der Waals surface area contributed by atoms with Crippen molar-refractivity contribution in [3.8, 4) is 0 Å². The number of aromatic nitrogens is 1. The first-order valence-electron chi connectivity index (χ1n) is 8.79. The molecule has 0 aliphatic carbocycles. The predicted octanol–water partition coefficient (Wildman–Crippen LogP) is 2.21. The van der Waals surface area contributed by atoms with Gasteiger partial charge in [0.05, 0.1) is 18.2 Å². The zero-order valence-electron chi connectivity index (χ0n) is 13.9. The average Bonchev–Trinajstić information content (AvgIpc) is 3.09. The van der Waals surface area contributed by atoms with Gasteiger partial charge in [0.25, 0.3) is 0 Å². The molecule has 3 rings (SSSR count). The standard InChI is InChI=1S/C17H27N3O2S/c1-2-14-12-23-16(19-14)10-18-17(21)13-4-3-7-20(11-13)15-5-8-22-9-6-15/h12-13,15H,2-11H2,1H3,(H,18,21). The number of aryl methyl sites for hydroxylation is 1. The van der Waals surface area contributed by atoms with Crippen LogP contribution in [0, 0.1) is 5.92 Å². The van der Waals surface area contributed by atoms with Gasteiger partial charge in [-0.2, -0.15) is 0 Å². The molecule has 1 amide bonds. The van der Waals surface area contributed by atoms with E-state index in [0.29, 0.717) is 12.6 Å². The molecule has 23 heavy (non-hydrogen) atoms. The highest BCUT2D eigenvalue weighted by molar-refractivity contribution is 7.09. The van der Waals surface area contributed by atoms with Gasteiger partial charge in [-0.15, -0.1) is 11.3 Å². The van der Waals surface area contributed by atoms with E-state index < -0.39 is 0 Å². The van der Waals surface area contributed by atoms with E-state index in [4.69, 9.17) is 4.74 Å². The normalized spacial score (nSPS) is 23.8.